The van der Waals surface area contributed by atoms with Crippen LogP contribution in [0.4, 0.5) is 0 Å². The van der Waals surface area contributed by atoms with E-state index in [0.29, 0.717) is 12.0 Å². The number of hydrogen-bond acceptors (Lipinski definition) is 4. The topological polar surface area (TPSA) is 33.5 Å². The van der Waals surface area contributed by atoms with Gasteiger partial charge in [-0.3, -0.25) is 9.80 Å². The quantitative estimate of drug-likeness (QED) is 0.541. The lowest BCUT2D eigenvalue weighted by Crippen LogP contribution is -2.46. The molecule has 0 bridgehead atoms. The summed E-state index contributed by atoms with van der Waals surface area (Å²) >= 11 is 0. The molecular formula is C27H36N4O. The molecule has 32 heavy (non-hydrogen) atoms. The summed E-state index contributed by atoms with van der Waals surface area (Å²) < 4.78 is 7.70. The van der Waals surface area contributed by atoms with Crippen LogP contribution in [0.1, 0.15) is 29.8 Å². The van der Waals surface area contributed by atoms with Gasteiger partial charge >= 0.3 is 0 Å². The largest absolute Gasteiger partial charge is 0.383 e. The molecule has 1 saturated heterocycles. The average Bonchev–Trinajstić information content (AvgIpc) is 3.39. The van der Waals surface area contributed by atoms with E-state index in [2.05, 4.69) is 69.9 Å². The highest BCUT2D eigenvalue weighted by atomic mass is 16.5. The number of fused-ring (bicyclic) bond motifs is 2. The van der Waals surface area contributed by atoms with Crippen LogP contribution in [0.25, 0.3) is 11.0 Å². The number of para-hydroxylation sites is 2. The Balaban J connectivity index is 1.25. The smallest absolute Gasteiger partial charge is 0.123 e. The fourth-order valence-corrected chi connectivity index (χ4v) is 5.73. The number of aromatic nitrogens is 2. The number of ether oxygens (including phenoxy) is 1. The van der Waals surface area contributed by atoms with Crippen molar-refractivity contribution in [3.63, 3.8) is 0 Å². The van der Waals surface area contributed by atoms with E-state index in [-0.39, 0.29) is 0 Å². The minimum atomic E-state index is 0.683. The van der Waals surface area contributed by atoms with Crippen LogP contribution in [0.5, 0.6) is 0 Å². The molecule has 2 aromatic carbocycles. The standard InChI is InChI=1S/C27H36N4O/c1-29-26-12-6-5-11-25(26)28-27(29)20-30(14-15-32-2)18-21-8-7-13-31(19-21)24-16-22-9-3-4-10-23(22)17-24/h3-6,9-12,21,24H,7-8,13-20H2,1-2H3. The molecule has 3 aromatic rings. The Bertz CT molecular complexity index is 1020. The molecule has 0 radical (unpaired) electrons. The first-order valence-electron chi connectivity index (χ1n) is 12.1. The summed E-state index contributed by atoms with van der Waals surface area (Å²) in [6, 6.07) is 18.1. The van der Waals surface area contributed by atoms with Gasteiger partial charge in [-0.05, 0) is 61.4 Å². The summed E-state index contributed by atoms with van der Waals surface area (Å²) in [7, 11) is 3.94. The number of piperidine rings is 1. The van der Waals surface area contributed by atoms with Crippen molar-refractivity contribution < 1.29 is 4.74 Å². The molecule has 1 unspecified atom stereocenters. The number of methoxy groups -OCH3 is 1. The fraction of sp³-hybridized carbons (Fsp3) is 0.519. The third-order valence-electron chi connectivity index (χ3n) is 7.47. The van der Waals surface area contributed by atoms with Gasteiger partial charge in [0.05, 0.1) is 24.2 Å². The molecule has 0 N–H and O–H groups in total. The Morgan fingerprint density at radius 3 is 2.56 bits per heavy atom. The highest BCUT2D eigenvalue weighted by molar-refractivity contribution is 5.75. The second kappa shape index (κ2) is 9.74. The summed E-state index contributed by atoms with van der Waals surface area (Å²) in [6.07, 6.45) is 5.07. The predicted octanol–water partition coefficient (Wildman–Crippen LogP) is 3.90. The average molecular weight is 433 g/mol. The van der Waals surface area contributed by atoms with Crippen molar-refractivity contribution in [3.8, 4) is 0 Å². The van der Waals surface area contributed by atoms with Gasteiger partial charge in [-0.25, -0.2) is 4.98 Å². The van der Waals surface area contributed by atoms with E-state index in [1.165, 1.54) is 44.3 Å². The molecule has 5 rings (SSSR count). The third-order valence-corrected chi connectivity index (χ3v) is 7.47. The van der Waals surface area contributed by atoms with Crippen LogP contribution >= 0.6 is 0 Å². The summed E-state index contributed by atoms with van der Waals surface area (Å²) in [5.74, 6) is 1.85. The van der Waals surface area contributed by atoms with Gasteiger partial charge in [0.2, 0.25) is 0 Å². The van der Waals surface area contributed by atoms with Crippen LogP contribution in [0.3, 0.4) is 0 Å². The number of likely N-dealkylation sites (tertiary alicyclic amines) is 1. The lowest BCUT2D eigenvalue weighted by Gasteiger charge is -2.38. The normalized spacial score (nSPS) is 19.8. The fourth-order valence-electron chi connectivity index (χ4n) is 5.73. The van der Waals surface area contributed by atoms with Crippen molar-refractivity contribution in [1.29, 1.82) is 0 Å². The molecule has 0 amide bonds. The number of imidazole rings is 1. The maximum Gasteiger partial charge on any atom is 0.123 e. The molecule has 1 atom stereocenters. The SMILES string of the molecule is COCCN(Cc1nc2ccccc2n1C)CC1CCCN(C2Cc3ccccc3C2)C1. The van der Waals surface area contributed by atoms with Crippen LogP contribution in [-0.4, -0.2) is 65.3 Å². The Morgan fingerprint density at radius 2 is 1.81 bits per heavy atom. The molecule has 2 heterocycles. The predicted molar refractivity (Wildman–Crippen MR) is 130 cm³/mol. The monoisotopic (exact) mass is 432 g/mol. The minimum Gasteiger partial charge on any atom is -0.383 e. The van der Waals surface area contributed by atoms with Crippen molar-refractivity contribution >= 4 is 11.0 Å². The summed E-state index contributed by atoms with van der Waals surface area (Å²) in [4.78, 5) is 10.3. The van der Waals surface area contributed by atoms with Gasteiger partial charge in [0.25, 0.3) is 0 Å². The molecule has 2 aliphatic rings. The zero-order chi connectivity index (χ0) is 21.9. The van der Waals surface area contributed by atoms with Crippen LogP contribution in [-0.2, 0) is 31.2 Å². The molecular weight excluding hydrogens is 396 g/mol. The first-order chi connectivity index (χ1) is 15.7. The number of nitrogens with zero attached hydrogens (tertiary/aromatic N) is 4. The summed E-state index contributed by atoms with van der Waals surface area (Å²) in [5.41, 5.74) is 5.41. The number of rotatable bonds is 8. The number of benzene rings is 2. The summed E-state index contributed by atoms with van der Waals surface area (Å²) in [6.45, 7) is 6.16. The molecule has 5 nitrogen and oxygen atoms in total. The van der Waals surface area contributed by atoms with Gasteiger partial charge < -0.3 is 9.30 Å². The van der Waals surface area contributed by atoms with E-state index < -0.39 is 0 Å². The van der Waals surface area contributed by atoms with Gasteiger partial charge in [0, 0.05) is 39.8 Å². The van der Waals surface area contributed by atoms with Gasteiger partial charge in [0.15, 0.2) is 0 Å². The van der Waals surface area contributed by atoms with Gasteiger partial charge in [-0.1, -0.05) is 36.4 Å². The number of aryl methyl sites for hydroxylation is 1. The highest BCUT2D eigenvalue weighted by Gasteiger charge is 2.31. The van der Waals surface area contributed by atoms with E-state index in [9.17, 15) is 0 Å². The van der Waals surface area contributed by atoms with Crippen molar-refractivity contribution in [2.75, 3.05) is 39.9 Å². The Morgan fingerprint density at radius 1 is 1.06 bits per heavy atom. The van der Waals surface area contributed by atoms with Crippen LogP contribution in [0, 0.1) is 5.92 Å². The second-order valence-electron chi connectivity index (χ2n) is 9.64. The van der Waals surface area contributed by atoms with Gasteiger partial charge in [0.1, 0.15) is 5.82 Å². The van der Waals surface area contributed by atoms with Crippen molar-refractivity contribution in [2.45, 2.75) is 38.3 Å². The van der Waals surface area contributed by atoms with Gasteiger partial charge in [-0.15, -0.1) is 0 Å². The van der Waals surface area contributed by atoms with E-state index in [1.54, 1.807) is 18.2 Å². The zero-order valence-electron chi connectivity index (χ0n) is 19.5. The first-order valence-corrected chi connectivity index (χ1v) is 12.1. The molecule has 1 aliphatic carbocycles. The molecule has 1 aromatic heterocycles. The highest BCUT2D eigenvalue weighted by Crippen LogP contribution is 2.29. The molecule has 5 heteroatoms. The Labute approximate surface area is 192 Å². The molecule has 1 fully saturated rings. The van der Waals surface area contributed by atoms with Crippen molar-refractivity contribution in [1.82, 2.24) is 19.4 Å². The van der Waals surface area contributed by atoms with Crippen LogP contribution in [0.15, 0.2) is 48.5 Å². The summed E-state index contributed by atoms with van der Waals surface area (Å²) in [5, 5.41) is 0. The first kappa shape index (κ1) is 21.6. The van der Waals surface area contributed by atoms with E-state index in [1.807, 2.05) is 0 Å². The lowest BCUT2D eigenvalue weighted by molar-refractivity contribution is 0.0831. The van der Waals surface area contributed by atoms with Crippen LogP contribution in [0.2, 0.25) is 0 Å². The lowest BCUT2D eigenvalue weighted by atomic mass is 9.95. The number of hydrogen-bond donors (Lipinski definition) is 0. The molecule has 170 valence electrons. The van der Waals surface area contributed by atoms with Crippen molar-refractivity contribution in [3.05, 3.63) is 65.5 Å². The van der Waals surface area contributed by atoms with E-state index in [0.717, 1.165) is 37.6 Å². The van der Waals surface area contributed by atoms with Gasteiger partial charge in [-0.2, -0.15) is 0 Å². The maximum absolute atomic E-state index is 5.45. The molecule has 1 aliphatic heterocycles. The Kier molecular flexibility index (Phi) is 6.58. The third kappa shape index (κ3) is 4.61. The maximum atomic E-state index is 5.45. The minimum absolute atomic E-state index is 0.683. The van der Waals surface area contributed by atoms with E-state index in [4.69, 9.17) is 9.72 Å². The van der Waals surface area contributed by atoms with Crippen molar-refractivity contribution in [2.24, 2.45) is 13.0 Å². The van der Waals surface area contributed by atoms with E-state index >= 15 is 0 Å². The second-order valence-corrected chi connectivity index (χ2v) is 9.64. The Hall–Kier alpha value is -2.21. The molecule has 0 spiro atoms. The van der Waals surface area contributed by atoms with Crippen LogP contribution < -0.4 is 0 Å². The molecule has 0 saturated carbocycles. The zero-order valence-corrected chi connectivity index (χ0v) is 19.5.